The highest BCUT2D eigenvalue weighted by molar-refractivity contribution is 7.10. The molecule has 1 atom stereocenters. The molecule has 0 aromatic carbocycles. The molecule has 3 rings (SSSR count). The average molecular weight is 318 g/mol. The number of rotatable bonds is 5. The molecule has 1 amide bonds. The third kappa shape index (κ3) is 3.75. The van der Waals surface area contributed by atoms with Crippen molar-refractivity contribution < 1.29 is 4.79 Å². The molecule has 1 fully saturated rings. The molecule has 0 bridgehead atoms. The summed E-state index contributed by atoms with van der Waals surface area (Å²) >= 11 is 1.70. The molecule has 0 aliphatic carbocycles. The molecular weight excluding hydrogens is 296 g/mol. The lowest BCUT2D eigenvalue weighted by atomic mass is 9.95. The number of carbonyl (C=O) groups is 1. The van der Waals surface area contributed by atoms with Crippen LogP contribution in [-0.2, 0) is 11.3 Å². The Hall–Kier alpha value is -1.66. The Kier molecular flexibility index (Phi) is 4.90. The highest BCUT2D eigenvalue weighted by Gasteiger charge is 2.23. The first-order valence-electron chi connectivity index (χ1n) is 7.73. The molecular formula is C16H22N4OS. The van der Waals surface area contributed by atoms with E-state index >= 15 is 0 Å². The van der Waals surface area contributed by atoms with Crippen LogP contribution in [0.1, 0.15) is 34.9 Å². The van der Waals surface area contributed by atoms with Crippen LogP contribution in [0, 0.1) is 6.92 Å². The van der Waals surface area contributed by atoms with Crippen molar-refractivity contribution >= 4 is 17.2 Å². The number of piperidine rings is 1. The Balaban J connectivity index is 1.48. The summed E-state index contributed by atoms with van der Waals surface area (Å²) in [6.07, 6.45) is 4.08. The Bertz CT molecular complexity index is 607. The van der Waals surface area contributed by atoms with Crippen molar-refractivity contribution in [3.8, 4) is 0 Å². The smallest absolute Gasteiger partial charge is 0.234 e. The van der Waals surface area contributed by atoms with E-state index in [0.29, 0.717) is 19.0 Å². The maximum atomic E-state index is 12.1. The van der Waals surface area contributed by atoms with Gasteiger partial charge in [-0.3, -0.25) is 14.8 Å². The summed E-state index contributed by atoms with van der Waals surface area (Å²) in [6, 6.07) is 4.12. The molecule has 6 heteroatoms. The third-order valence-electron chi connectivity index (χ3n) is 4.25. The molecule has 2 aromatic rings. The molecule has 3 heterocycles. The second kappa shape index (κ2) is 7.07. The number of nitrogens with zero attached hydrogens (tertiary/aromatic N) is 2. The van der Waals surface area contributed by atoms with Gasteiger partial charge in [-0.15, -0.1) is 11.3 Å². The van der Waals surface area contributed by atoms with Crippen LogP contribution in [-0.4, -0.2) is 40.6 Å². The standard InChI is InChI=1S/C16H22N4OS/c1-12-5-8-22-15(12)9-17-16(21)11-20-7-2-3-13(10-20)14-4-6-18-19-14/h4-6,8,13H,2-3,7,9-11H2,1H3,(H,17,21)(H,18,19)/t13-/m1/s1. The number of thiophene rings is 1. The van der Waals surface area contributed by atoms with Crippen LogP contribution >= 0.6 is 11.3 Å². The zero-order chi connectivity index (χ0) is 15.4. The van der Waals surface area contributed by atoms with E-state index in [-0.39, 0.29) is 5.91 Å². The normalized spacial score (nSPS) is 19.2. The van der Waals surface area contributed by atoms with E-state index in [9.17, 15) is 4.79 Å². The summed E-state index contributed by atoms with van der Waals surface area (Å²) in [7, 11) is 0. The molecule has 1 aliphatic heterocycles. The van der Waals surface area contributed by atoms with E-state index in [4.69, 9.17) is 0 Å². The van der Waals surface area contributed by atoms with E-state index in [1.807, 2.05) is 6.07 Å². The van der Waals surface area contributed by atoms with Gasteiger partial charge < -0.3 is 5.32 Å². The van der Waals surface area contributed by atoms with Gasteiger partial charge in [0.15, 0.2) is 0 Å². The average Bonchev–Trinajstić information content (AvgIpc) is 3.17. The SMILES string of the molecule is Cc1ccsc1CNC(=O)CN1CCC[C@@H](c2ccn[nH]2)C1. The van der Waals surface area contributed by atoms with Crippen molar-refractivity contribution in [2.75, 3.05) is 19.6 Å². The lowest BCUT2D eigenvalue weighted by Crippen LogP contribution is -2.41. The van der Waals surface area contributed by atoms with Gasteiger partial charge in [-0.1, -0.05) is 0 Å². The van der Waals surface area contributed by atoms with Crippen molar-refractivity contribution in [1.82, 2.24) is 20.4 Å². The van der Waals surface area contributed by atoms with Crippen LogP contribution in [0.15, 0.2) is 23.7 Å². The van der Waals surface area contributed by atoms with Crippen LogP contribution in [0.25, 0.3) is 0 Å². The minimum atomic E-state index is 0.109. The zero-order valence-corrected chi connectivity index (χ0v) is 13.7. The van der Waals surface area contributed by atoms with Crippen LogP contribution in [0.3, 0.4) is 0 Å². The van der Waals surface area contributed by atoms with Gasteiger partial charge in [0.25, 0.3) is 0 Å². The number of hydrogen-bond donors (Lipinski definition) is 2. The lowest BCUT2D eigenvalue weighted by Gasteiger charge is -2.31. The van der Waals surface area contributed by atoms with Crippen molar-refractivity contribution in [2.45, 2.75) is 32.2 Å². The minimum Gasteiger partial charge on any atom is -0.350 e. The number of amides is 1. The summed E-state index contributed by atoms with van der Waals surface area (Å²) in [5, 5.41) is 12.2. The van der Waals surface area contributed by atoms with Gasteiger partial charge in [0, 0.05) is 29.2 Å². The Morgan fingerprint density at radius 2 is 2.45 bits per heavy atom. The number of aromatic amines is 1. The second-order valence-electron chi connectivity index (χ2n) is 5.89. The first-order chi connectivity index (χ1) is 10.7. The summed E-state index contributed by atoms with van der Waals surface area (Å²) < 4.78 is 0. The Morgan fingerprint density at radius 1 is 1.55 bits per heavy atom. The maximum Gasteiger partial charge on any atom is 0.234 e. The monoisotopic (exact) mass is 318 g/mol. The zero-order valence-electron chi connectivity index (χ0n) is 12.8. The molecule has 22 heavy (non-hydrogen) atoms. The summed E-state index contributed by atoms with van der Waals surface area (Å²) in [6.45, 7) is 5.12. The van der Waals surface area contributed by atoms with E-state index in [1.165, 1.54) is 16.1 Å². The van der Waals surface area contributed by atoms with Gasteiger partial charge in [-0.25, -0.2) is 0 Å². The predicted molar refractivity (Wildman–Crippen MR) is 87.9 cm³/mol. The highest BCUT2D eigenvalue weighted by Crippen LogP contribution is 2.24. The second-order valence-corrected chi connectivity index (χ2v) is 6.89. The number of hydrogen-bond acceptors (Lipinski definition) is 4. The minimum absolute atomic E-state index is 0.109. The Morgan fingerprint density at radius 3 is 3.18 bits per heavy atom. The fraction of sp³-hybridized carbons (Fsp3) is 0.500. The van der Waals surface area contributed by atoms with Crippen LogP contribution in [0.4, 0.5) is 0 Å². The largest absolute Gasteiger partial charge is 0.350 e. The molecule has 1 aliphatic rings. The van der Waals surface area contributed by atoms with Gasteiger partial charge >= 0.3 is 0 Å². The van der Waals surface area contributed by atoms with Crippen molar-refractivity contribution in [1.29, 1.82) is 0 Å². The number of nitrogens with one attached hydrogen (secondary N) is 2. The maximum absolute atomic E-state index is 12.1. The van der Waals surface area contributed by atoms with E-state index in [0.717, 1.165) is 25.9 Å². The van der Waals surface area contributed by atoms with Gasteiger partial charge in [0.05, 0.1) is 13.1 Å². The first kappa shape index (κ1) is 15.2. The topological polar surface area (TPSA) is 61.0 Å². The van der Waals surface area contributed by atoms with Crippen molar-refractivity contribution in [3.05, 3.63) is 39.8 Å². The molecule has 0 spiro atoms. The quantitative estimate of drug-likeness (QED) is 0.889. The van der Waals surface area contributed by atoms with Crippen LogP contribution in [0.5, 0.6) is 0 Å². The first-order valence-corrected chi connectivity index (χ1v) is 8.61. The Labute approximate surface area is 134 Å². The molecule has 5 nitrogen and oxygen atoms in total. The number of aromatic nitrogens is 2. The molecule has 0 saturated carbocycles. The van der Waals surface area contributed by atoms with E-state index in [1.54, 1.807) is 17.5 Å². The van der Waals surface area contributed by atoms with E-state index in [2.05, 4.69) is 38.8 Å². The molecule has 118 valence electrons. The predicted octanol–water partition coefficient (Wildman–Crippen LogP) is 2.28. The van der Waals surface area contributed by atoms with E-state index < -0.39 is 0 Å². The fourth-order valence-electron chi connectivity index (χ4n) is 2.97. The van der Waals surface area contributed by atoms with Gasteiger partial charge in [-0.2, -0.15) is 5.10 Å². The van der Waals surface area contributed by atoms with Gasteiger partial charge in [0.2, 0.25) is 5.91 Å². The summed E-state index contributed by atoms with van der Waals surface area (Å²) in [4.78, 5) is 15.6. The molecule has 0 radical (unpaired) electrons. The van der Waals surface area contributed by atoms with Gasteiger partial charge in [0.1, 0.15) is 0 Å². The highest BCUT2D eigenvalue weighted by atomic mass is 32.1. The van der Waals surface area contributed by atoms with Crippen molar-refractivity contribution in [2.24, 2.45) is 0 Å². The number of H-pyrrole nitrogens is 1. The van der Waals surface area contributed by atoms with Crippen molar-refractivity contribution in [3.63, 3.8) is 0 Å². The molecule has 0 unspecified atom stereocenters. The fourth-order valence-corrected chi connectivity index (χ4v) is 3.82. The molecule has 2 aromatic heterocycles. The van der Waals surface area contributed by atoms with Crippen LogP contribution < -0.4 is 5.32 Å². The summed E-state index contributed by atoms with van der Waals surface area (Å²) in [5.41, 5.74) is 2.43. The molecule has 2 N–H and O–H groups in total. The lowest BCUT2D eigenvalue weighted by molar-refractivity contribution is -0.122. The van der Waals surface area contributed by atoms with Gasteiger partial charge in [-0.05, 0) is 49.4 Å². The molecule has 1 saturated heterocycles. The summed E-state index contributed by atoms with van der Waals surface area (Å²) in [5.74, 6) is 0.571. The number of likely N-dealkylation sites (tertiary alicyclic amines) is 1. The number of aryl methyl sites for hydroxylation is 1. The van der Waals surface area contributed by atoms with Crippen LogP contribution in [0.2, 0.25) is 0 Å². The number of carbonyl (C=O) groups excluding carboxylic acids is 1. The third-order valence-corrected chi connectivity index (χ3v) is 5.27.